The van der Waals surface area contributed by atoms with Crippen LogP contribution < -0.4 is 10.1 Å². The average Bonchev–Trinajstić information content (AvgIpc) is 2.93. The minimum Gasteiger partial charge on any atom is -0.444 e. The molecular formula is C20H26F3N3O3. The summed E-state index contributed by atoms with van der Waals surface area (Å²) in [6.07, 6.45) is -3.33. The number of carbonyl (C=O) groups is 1. The second-order valence-corrected chi connectivity index (χ2v) is 8.31. The predicted molar refractivity (Wildman–Crippen MR) is 103 cm³/mol. The van der Waals surface area contributed by atoms with E-state index in [0.29, 0.717) is 18.5 Å². The SMILES string of the molecule is CC(C)(C)OC(=O)N[C@@H]1CCCN(Cc2cc3cc(OC(F)(F)F)ccc3[nH]2)C1. The summed E-state index contributed by atoms with van der Waals surface area (Å²) in [5, 5.41) is 3.57. The number of nitrogens with zero attached hydrogens (tertiary/aromatic N) is 1. The first kappa shape index (κ1) is 21.3. The molecule has 3 rings (SSSR count). The monoisotopic (exact) mass is 413 g/mol. The molecule has 160 valence electrons. The van der Waals surface area contributed by atoms with Crippen molar-refractivity contribution in [3.63, 3.8) is 0 Å². The molecule has 1 aliphatic rings. The summed E-state index contributed by atoms with van der Waals surface area (Å²) in [7, 11) is 0. The Hall–Kier alpha value is -2.42. The van der Waals surface area contributed by atoms with Crippen LogP contribution in [0.3, 0.4) is 0 Å². The Morgan fingerprint density at radius 3 is 2.72 bits per heavy atom. The number of ether oxygens (including phenoxy) is 2. The number of rotatable bonds is 4. The molecule has 29 heavy (non-hydrogen) atoms. The number of piperidine rings is 1. The van der Waals surface area contributed by atoms with Crippen LogP contribution in [-0.4, -0.2) is 47.1 Å². The van der Waals surface area contributed by atoms with Gasteiger partial charge in [-0.25, -0.2) is 4.79 Å². The Morgan fingerprint density at radius 1 is 1.28 bits per heavy atom. The predicted octanol–water partition coefficient (Wildman–Crippen LogP) is 4.56. The van der Waals surface area contributed by atoms with Gasteiger partial charge in [0.1, 0.15) is 11.4 Å². The van der Waals surface area contributed by atoms with Gasteiger partial charge in [-0.15, -0.1) is 13.2 Å². The van der Waals surface area contributed by atoms with E-state index in [0.717, 1.165) is 30.6 Å². The van der Waals surface area contributed by atoms with Crippen molar-refractivity contribution < 1.29 is 27.4 Å². The largest absolute Gasteiger partial charge is 0.573 e. The zero-order valence-electron chi connectivity index (χ0n) is 16.7. The summed E-state index contributed by atoms with van der Waals surface area (Å²) < 4.78 is 46.5. The fourth-order valence-corrected chi connectivity index (χ4v) is 3.49. The van der Waals surface area contributed by atoms with E-state index in [1.165, 1.54) is 12.1 Å². The van der Waals surface area contributed by atoms with Crippen LogP contribution in [0, 0.1) is 0 Å². The molecule has 2 N–H and O–H groups in total. The molecule has 2 heterocycles. The molecule has 0 aliphatic carbocycles. The van der Waals surface area contributed by atoms with Gasteiger partial charge in [-0.2, -0.15) is 0 Å². The lowest BCUT2D eigenvalue weighted by molar-refractivity contribution is -0.274. The minimum absolute atomic E-state index is 0.00485. The molecule has 0 saturated carbocycles. The summed E-state index contributed by atoms with van der Waals surface area (Å²) >= 11 is 0. The van der Waals surface area contributed by atoms with Gasteiger partial charge < -0.3 is 19.8 Å². The van der Waals surface area contributed by atoms with E-state index in [4.69, 9.17) is 4.74 Å². The summed E-state index contributed by atoms with van der Waals surface area (Å²) in [5.74, 6) is -0.241. The van der Waals surface area contributed by atoms with E-state index in [1.807, 2.05) is 26.8 Å². The Kier molecular flexibility index (Phi) is 5.97. The number of hydrogen-bond donors (Lipinski definition) is 2. The van der Waals surface area contributed by atoms with Gasteiger partial charge in [-0.05, 0) is 64.4 Å². The normalized spacial score (nSPS) is 18.6. The summed E-state index contributed by atoms with van der Waals surface area (Å²) in [5.41, 5.74) is 1.09. The fourth-order valence-electron chi connectivity index (χ4n) is 3.49. The molecule has 6 nitrogen and oxygen atoms in total. The number of carbonyl (C=O) groups excluding carboxylic acids is 1. The van der Waals surface area contributed by atoms with Gasteiger partial charge in [0.15, 0.2) is 0 Å². The van der Waals surface area contributed by atoms with Crippen LogP contribution in [0.4, 0.5) is 18.0 Å². The fraction of sp³-hybridized carbons (Fsp3) is 0.550. The first-order valence-corrected chi connectivity index (χ1v) is 9.56. The second kappa shape index (κ2) is 8.14. The van der Waals surface area contributed by atoms with Gasteiger partial charge in [0.05, 0.1) is 0 Å². The second-order valence-electron chi connectivity index (χ2n) is 8.31. The molecular weight excluding hydrogens is 387 g/mol. The lowest BCUT2D eigenvalue weighted by Gasteiger charge is -2.33. The first-order chi connectivity index (χ1) is 13.5. The molecule has 1 aromatic carbocycles. The van der Waals surface area contributed by atoms with Gasteiger partial charge in [-0.1, -0.05) is 0 Å². The Morgan fingerprint density at radius 2 is 2.03 bits per heavy atom. The number of halogens is 3. The van der Waals surface area contributed by atoms with Crippen molar-refractivity contribution in [1.29, 1.82) is 0 Å². The van der Waals surface area contributed by atoms with E-state index in [9.17, 15) is 18.0 Å². The lowest BCUT2D eigenvalue weighted by atomic mass is 10.1. The van der Waals surface area contributed by atoms with Crippen molar-refractivity contribution in [2.24, 2.45) is 0 Å². The number of hydrogen-bond acceptors (Lipinski definition) is 4. The van der Waals surface area contributed by atoms with E-state index >= 15 is 0 Å². The number of aromatic nitrogens is 1. The maximum atomic E-state index is 12.4. The molecule has 0 radical (unpaired) electrons. The van der Waals surface area contributed by atoms with Gasteiger partial charge in [-0.3, -0.25) is 4.90 Å². The van der Waals surface area contributed by atoms with Gasteiger partial charge >= 0.3 is 12.5 Å². The molecule has 1 fully saturated rings. The number of likely N-dealkylation sites (tertiary alicyclic amines) is 1. The minimum atomic E-state index is -4.71. The molecule has 0 unspecified atom stereocenters. The summed E-state index contributed by atoms with van der Waals surface area (Å²) in [4.78, 5) is 17.4. The van der Waals surface area contributed by atoms with Crippen molar-refractivity contribution in [1.82, 2.24) is 15.2 Å². The molecule has 1 saturated heterocycles. The number of aromatic amines is 1. The number of amides is 1. The van der Waals surface area contributed by atoms with Crippen LogP contribution in [0.25, 0.3) is 10.9 Å². The van der Waals surface area contributed by atoms with Crippen molar-refractivity contribution in [2.45, 2.75) is 58.2 Å². The number of alkyl carbamates (subject to hydrolysis) is 1. The standard InChI is InChI=1S/C20H26F3N3O3/c1-19(2,3)29-18(27)25-14-5-4-8-26(11-14)12-15-9-13-10-16(28-20(21,22)23)6-7-17(13)24-15/h6-7,9-10,14,24H,4-5,8,11-12H2,1-3H3,(H,25,27)/t14-/m1/s1. The van der Waals surface area contributed by atoms with Crippen LogP contribution in [-0.2, 0) is 11.3 Å². The van der Waals surface area contributed by atoms with Gasteiger partial charge in [0, 0.05) is 35.7 Å². The maximum Gasteiger partial charge on any atom is 0.573 e. The molecule has 2 aromatic rings. The zero-order valence-corrected chi connectivity index (χ0v) is 16.7. The number of H-pyrrole nitrogens is 1. The number of fused-ring (bicyclic) bond motifs is 1. The van der Waals surface area contributed by atoms with E-state index in [1.54, 1.807) is 6.07 Å². The highest BCUT2D eigenvalue weighted by Crippen LogP contribution is 2.27. The Balaban J connectivity index is 1.60. The van der Waals surface area contributed by atoms with Crippen LogP contribution in [0.15, 0.2) is 24.3 Å². The number of alkyl halides is 3. The van der Waals surface area contributed by atoms with Crippen molar-refractivity contribution in [3.05, 3.63) is 30.0 Å². The van der Waals surface area contributed by atoms with Crippen LogP contribution >= 0.6 is 0 Å². The third-order valence-corrected chi connectivity index (χ3v) is 4.50. The van der Waals surface area contributed by atoms with Crippen LogP contribution in [0.2, 0.25) is 0 Å². The molecule has 1 aliphatic heterocycles. The highest BCUT2D eigenvalue weighted by atomic mass is 19.4. The third kappa shape index (κ3) is 6.56. The Labute approximate surface area is 167 Å². The van der Waals surface area contributed by atoms with Gasteiger partial charge in [0.2, 0.25) is 0 Å². The van der Waals surface area contributed by atoms with Crippen molar-refractivity contribution in [2.75, 3.05) is 13.1 Å². The summed E-state index contributed by atoms with van der Waals surface area (Å²) in [6.45, 7) is 7.63. The van der Waals surface area contributed by atoms with Crippen LogP contribution in [0.5, 0.6) is 5.75 Å². The highest BCUT2D eigenvalue weighted by molar-refractivity contribution is 5.81. The van der Waals surface area contributed by atoms with E-state index in [-0.39, 0.29) is 11.8 Å². The maximum absolute atomic E-state index is 12.4. The summed E-state index contributed by atoms with van der Waals surface area (Å²) in [6, 6.07) is 6.05. The van der Waals surface area contributed by atoms with Crippen molar-refractivity contribution >= 4 is 17.0 Å². The zero-order chi connectivity index (χ0) is 21.2. The molecule has 0 spiro atoms. The number of benzene rings is 1. The third-order valence-electron chi connectivity index (χ3n) is 4.50. The van der Waals surface area contributed by atoms with E-state index in [2.05, 4.69) is 19.9 Å². The van der Waals surface area contributed by atoms with E-state index < -0.39 is 18.1 Å². The lowest BCUT2D eigenvalue weighted by Crippen LogP contribution is -2.48. The molecule has 9 heteroatoms. The quantitative estimate of drug-likeness (QED) is 0.772. The Bertz CT molecular complexity index is 858. The highest BCUT2D eigenvalue weighted by Gasteiger charge is 2.31. The smallest absolute Gasteiger partial charge is 0.444 e. The van der Waals surface area contributed by atoms with Crippen molar-refractivity contribution in [3.8, 4) is 5.75 Å². The molecule has 1 atom stereocenters. The average molecular weight is 413 g/mol. The van der Waals surface area contributed by atoms with Crippen LogP contribution in [0.1, 0.15) is 39.3 Å². The molecule has 1 aromatic heterocycles. The topological polar surface area (TPSA) is 66.6 Å². The molecule has 1 amide bonds. The first-order valence-electron chi connectivity index (χ1n) is 9.56. The number of nitrogens with one attached hydrogen (secondary N) is 2. The molecule has 0 bridgehead atoms. The van der Waals surface area contributed by atoms with Gasteiger partial charge in [0.25, 0.3) is 0 Å².